The summed E-state index contributed by atoms with van der Waals surface area (Å²) >= 11 is 1.49. The molecule has 0 fully saturated rings. The third-order valence-corrected chi connectivity index (χ3v) is 5.11. The molecule has 0 aliphatic rings. The fourth-order valence-corrected chi connectivity index (χ4v) is 3.47. The van der Waals surface area contributed by atoms with Crippen LogP contribution in [0.4, 0.5) is 13.2 Å². The van der Waals surface area contributed by atoms with Gasteiger partial charge in [-0.1, -0.05) is 12.1 Å². The molecule has 0 saturated carbocycles. The van der Waals surface area contributed by atoms with Crippen molar-refractivity contribution in [3.8, 4) is 0 Å². The predicted molar refractivity (Wildman–Crippen MR) is 74.7 cm³/mol. The first-order chi connectivity index (χ1) is 9.79. The first-order valence-corrected chi connectivity index (χ1v) is 8.34. The van der Waals surface area contributed by atoms with Crippen LogP contribution in [0.15, 0.2) is 46.7 Å². The quantitative estimate of drug-likeness (QED) is 0.911. The van der Waals surface area contributed by atoms with Crippen molar-refractivity contribution in [2.45, 2.75) is 17.5 Å². The Kier molecular flexibility index (Phi) is 4.70. The van der Waals surface area contributed by atoms with Gasteiger partial charge in [-0.15, -0.1) is 11.3 Å². The van der Waals surface area contributed by atoms with E-state index in [1.807, 2.05) is 17.5 Å². The number of nitrogens with one attached hydrogen (secondary N) is 1. The molecular weight excluding hydrogens is 323 g/mol. The van der Waals surface area contributed by atoms with Crippen LogP contribution < -0.4 is 4.72 Å². The minimum Gasteiger partial charge on any atom is -0.211 e. The summed E-state index contributed by atoms with van der Waals surface area (Å²) in [4.78, 5) is 0.616. The Hall–Kier alpha value is -1.38. The van der Waals surface area contributed by atoms with E-state index < -0.39 is 21.8 Å². The SMILES string of the molecule is O=S(=O)(NCCc1cccs1)c1cccc(C(F)(F)F)c1. The van der Waals surface area contributed by atoms with E-state index in [2.05, 4.69) is 4.72 Å². The summed E-state index contributed by atoms with van der Waals surface area (Å²) < 4.78 is 64.0. The zero-order chi connectivity index (χ0) is 15.5. The Balaban J connectivity index is 2.08. The molecule has 0 atom stereocenters. The van der Waals surface area contributed by atoms with E-state index in [9.17, 15) is 21.6 Å². The van der Waals surface area contributed by atoms with Crippen molar-refractivity contribution in [3.05, 3.63) is 52.2 Å². The highest BCUT2D eigenvalue weighted by Crippen LogP contribution is 2.30. The summed E-state index contributed by atoms with van der Waals surface area (Å²) in [5, 5.41) is 1.87. The second kappa shape index (κ2) is 6.17. The Morgan fingerprint density at radius 1 is 1.14 bits per heavy atom. The number of benzene rings is 1. The van der Waals surface area contributed by atoms with Gasteiger partial charge in [-0.05, 0) is 36.1 Å². The van der Waals surface area contributed by atoms with Crippen molar-refractivity contribution in [2.75, 3.05) is 6.54 Å². The first kappa shape index (κ1) is 16.0. The Morgan fingerprint density at radius 3 is 2.52 bits per heavy atom. The number of alkyl halides is 3. The molecule has 2 rings (SSSR count). The van der Waals surface area contributed by atoms with E-state index in [1.165, 1.54) is 11.3 Å². The van der Waals surface area contributed by atoms with Crippen LogP contribution in [0.3, 0.4) is 0 Å². The molecule has 114 valence electrons. The molecule has 1 aromatic carbocycles. The molecule has 0 unspecified atom stereocenters. The Labute approximate surface area is 124 Å². The summed E-state index contributed by atoms with van der Waals surface area (Å²) in [6.07, 6.45) is -4.07. The number of hydrogen-bond acceptors (Lipinski definition) is 3. The average molecular weight is 335 g/mol. The lowest BCUT2D eigenvalue weighted by atomic mass is 10.2. The fraction of sp³-hybridized carbons (Fsp3) is 0.231. The van der Waals surface area contributed by atoms with E-state index in [0.29, 0.717) is 12.5 Å². The molecule has 0 radical (unpaired) electrons. The van der Waals surface area contributed by atoms with Gasteiger partial charge < -0.3 is 0 Å². The van der Waals surface area contributed by atoms with Crippen molar-refractivity contribution < 1.29 is 21.6 Å². The first-order valence-electron chi connectivity index (χ1n) is 5.98. The second-order valence-electron chi connectivity index (χ2n) is 4.25. The van der Waals surface area contributed by atoms with Crippen molar-refractivity contribution in [1.82, 2.24) is 4.72 Å². The zero-order valence-corrected chi connectivity index (χ0v) is 12.4. The lowest BCUT2D eigenvalue weighted by Gasteiger charge is -2.10. The molecule has 21 heavy (non-hydrogen) atoms. The Bertz CT molecular complexity index is 694. The van der Waals surface area contributed by atoms with Crippen LogP contribution in [0, 0.1) is 0 Å². The maximum Gasteiger partial charge on any atom is 0.416 e. The topological polar surface area (TPSA) is 46.2 Å². The molecule has 1 heterocycles. The van der Waals surface area contributed by atoms with Crippen molar-refractivity contribution in [1.29, 1.82) is 0 Å². The number of rotatable bonds is 5. The van der Waals surface area contributed by atoms with Crippen molar-refractivity contribution in [2.24, 2.45) is 0 Å². The van der Waals surface area contributed by atoms with Gasteiger partial charge in [0.15, 0.2) is 0 Å². The van der Waals surface area contributed by atoms with Crippen LogP contribution in [0.2, 0.25) is 0 Å². The van der Waals surface area contributed by atoms with E-state index >= 15 is 0 Å². The number of thiophene rings is 1. The largest absolute Gasteiger partial charge is 0.416 e. The van der Waals surface area contributed by atoms with Gasteiger partial charge >= 0.3 is 6.18 Å². The van der Waals surface area contributed by atoms with Crippen LogP contribution in [0.1, 0.15) is 10.4 Å². The van der Waals surface area contributed by atoms with Crippen LogP contribution in [0.5, 0.6) is 0 Å². The van der Waals surface area contributed by atoms with E-state index in [4.69, 9.17) is 0 Å². The van der Waals surface area contributed by atoms with Crippen LogP contribution in [-0.4, -0.2) is 15.0 Å². The maximum absolute atomic E-state index is 12.6. The minimum absolute atomic E-state index is 0.138. The molecule has 0 aliphatic carbocycles. The van der Waals surface area contributed by atoms with Gasteiger partial charge in [0.25, 0.3) is 0 Å². The lowest BCUT2D eigenvalue weighted by molar-refractivity contribution is -0.137. The van der Waals surface area contributed by atoms with Gasteiger partial charge in [-0.25, -0.2) is 13.1 Å². The number of sulfonamides is 1. The van der Waals surface area contributed by atoms with E-state index in [-0.39, 0.29) is 11.4 Å². The molecule has 3 nitrogen and oxygen atoms in total. The Morgan fingerprint density at radius 2 is 1.90 bits per heavy atom. The summed E-state index contributed by atoms with van der Waals surface area (Å²) in [6.45, 7) is 0.138. The zero-order valence-electron chi connectivity index (χ0n) is 10.7. The lowest BCUT2D eigenvalue weighted by Crippen LogP contribution is -2.26. The molecule has 1 aromatic heterocycles. The van der Waals surface area contributed by atoms with Gasteiger partial charge in [0.2, 0.25) is 10.0 Å². The van der Waals surface area contributed by atoms with Crippen LogP contribution in [-0.2, 0) is 22.6 Å². The molecular formula is C13H12F3NO2S2. The monoisotopic (exact) mass is 335 g/mol. The smallest absolute Gasteiger partial charge is 0.211 e. The standard InChI is InChI=1S/C13H12F3NO2S2/c14-13(15,16)10-3-1-5-12(9-10)21(18,19)17-7-6-11-4-2-8-20-11/h1-5,8-9,17H,6-7H2. The highest BCUT2D eigenvalue weighted by Gasteiger charge is 2.31. The van der Waals surface area contributed by atoms with Gasteiger partial charge in [0.05, 0.1) is 10.5 Å². The normalized spacial score (nSPS) is 12.5. The molecule has 8 heteroatoms. The van der Waals surface area contributed by atoms with Gasteiger partial charge in [0, 0.05) is 11.4 Å². The third kappa shape index (κ3) is 4.29. The molecule has 1 N–H and O–H groups in total. The maximum atomic E-state index is 12.6. The molecule has 0 spiro atoms. The highest BCUT2D eigenvalue weighted by atomic mass is 32.2. The highest BCUT2D eigenvalue weighted by molar-refractivity contribution is 7.89. The average Bonchev–Trinajstić information content (AvgIpc) is 2.91. The number of hydrogen-bond donors (Lipinski definition) is 1. The van der Waals surface area contributed by atoms with Crippen molar-refractivity contribution in [3.63, 3.8) is 0 Å². The summed E-state index contributed by atoms with van der Waals surface area (Å²) in [6, 6.07) is 7.40. The summed E-state index contributed by atoms with van der Waals surface area (Å²) in [7, 11) is -3.94. The minimum atomic E-state index is -4.57. The van der Waals surface area contributed by atoms with Gasteiger partial charge in [-0.3, -0.25) is 0 Å². The molecule has 0 aliphatic heterocycles. The number of halogens is 3. The third-order valence-electron chi connectivity index (χ3n) is 2.72. The molecule has 0 bridgehead atoms. The second-order valence-corrected chi connectivity index (χ2v) is 7.05. The van der Waals surface area contributed by atoms with Gasteiger partial charge in [-0.2, -0.15) is 13.2 Å². The van der Waals surface area contributed by atoms with Crippen LogP contribution >= 0.6 is 11.3 Å². The van der Waals surface area contributed by atoms with Crippen molar-refractivity contribution >= 4 is 21.4 Å². The predicted octanol–water partition coefficient (Wildman–Crippen LogP) is 3.29. The molecule has 2 aromatic rings. The fourth-order valence-electron chi connectivity index (χ4n) is 1.69. The van der Waals surface area contributed by atoms with Gasteiger partial charge in [0.1, 0.15) is 0 Å². The summed E-state index contributed by atoms with van der Waals surface area (Å²) in [5.41, 5.74) is -0.983. The molecule has 0 saturated heterocycles. The van der Waals surface area contributed by atoms with E-state index in [0.717, 1.165) is 23.1 Å². The van der Waals surface area contributed by atoms with E-state index in [1.54, 1.807) is 0 Å². The summed E-state index contributed by atoms with van der Waals surface area (Å²) in [5.74, 6) is 0. The molecule has 0 amide bonds. The van der Waals surface area contributed by atoms with Crippen LogP contribution in [0.25, 0.3) is 0 Å².